The standard InChI is InChI=1S/C25H25N3O2S/c1-16-11-13-18(14-12-16)23(29)27-25-26-22-19(8-4-10-21(22)31-25)24(30)28-15-5-7-17-6-2-3-9-20(17)28/h2-3,6,9,11-14,19H,4-5,7-8,10,15H2,1H3,(H,26,27,29). The maximum absolute atomic E-state index is 13.6. The van der Waals surface area contributed by atoms with E-state index in [0.717, 1.165) is 60.5 Å². The first-order valence-corrected chi connectivity index (χ1v) is 11.7. The second kappa shape index (κ2) is 8.27. The van der Waals surface area contributed by atoms with E-state index in [2.05, 4.69) is 11.4 Å². The molecule has 3 aromatic rings. The number of aryl methyl sites for hydroxylation is 3. The molecule has 2 heterocycles. The number of rotatable bonds is 3. The molecule has 1 N–H and O–H groups in total. The first kappa shape index (κ1) is 19.9. The Balaban J connectivity index is 1.38. The lowest BCUT2D eigenvalue weighted by Crippen LogP contribution is -2.39. The molecule has 158 valence electrons. The Kier molecular flexibility index (Phi) is 5.32. The highest BCUT2D eigenvalue weighted by atomic mass is 32.1. The molecule has 2 aromatic carbocycles. The van der Waals surface area contributed by atoms with Gasteiger partial charge in [-0.15, -0.1) is 11.3 Å². The Morgan fingerprint density at radius 2 is 1.87 bits per heavy atom. The second-order valence-corrected chi connectivity index (χ2v) is 9.40. The highest BCUT2D eigenvalue weighted by molar-refractivity contribution is 7.16. The SMILES string of the molecule is Cc1ccc(C(=O)Nc2nc3c(s2)CCCC3C(=O)N2CCCc3ccccc32)cc1. The zero-order chi connectivity index (χ0) is 21.4. The van der Waals surface area contributed by atoms with Crippen molar-refractivity contribution < 1.29 is 9.59 Å². The minimum atomic E-state index is -0.240. The van der Waals surface area contributed by atoms with Gasteiger partial charge in [-0.2, -0.15) is 0 Å². The van der Waals surface area contributed by atoms with Gasteiger partial charge in [0, 0.05) is 22.7 Å². The van der Waals surface area contributed by atoms with Gasteiger partial charge < -0.3 is 4.90 Å². The molecule has 31 heavy (non-hydrogen) atoms. The summed E-state index contributed by atoms with van der Waals surface area (Å²) in [6.45, 7) is 2.75. The molecule has 0 saturated carbocycles. The molecule has 1 aromatic heterocycles. The summed E-state index contributed by atoms with van der Waals surface area (Å²) in [5.41, 5.74) is 4.85. The predicted octanol–water partition coefficient (Wildman–Crippen LogP) is 5.10. The molecule has 1 atom stereocenters. The summed E-state index contributed by atoms with van der Waals surface area (Å²) >= 11 is 1.50. The number of para-hydroxylation sites is 1. The summed E-state index contributed by atoms with van der Waals surface area (Å²) in [6, 6.07) is 15.7. The van der Waals surface area contributed by atoms with Crippen molar-refractivity contribution in [3.8, 4) is 0 Å². The van der Waals surface area contributed by atoms with Crippen LogP contribution in [0.4, 0.5) is 10.8 Å². The normalized spacial score (nSPS) is 17.6. The number of amides is 2. The number of carbonyl (C=O) groups is 2. The largest absolute Gasteiger partial charge is 0.312 e. The van der Waals surface area contributed by atoms with Crippen LogP contribution in [0.2, 0.25) is 0 Å². The molecule has 6 heteroatoms. The van der Waals surface area contributed by atoms with E-state index in [1.807, 2.05) is 54.3 Å². The topological polar surface area (TPSA) is 62.3 Å². The summed E-state index contributed by atoms with van der Waals surface area (Å²) in [4.78, 5) is 34.0. The van der Waals surface area contributed by atoms with Crippen LogP contribution in [0.1, 0.15) is 57.2 Å². The molecule has 1 aliphatic heterocycles. The number of nitrogens with one attached hydrogen (secondary N) is 1. The monoisotopic (exact) mass is 431 g/mol. The Morgan fingerprint density at radius 1 is 1.06 bits per heavy atom. The smallest absolute Gasteiger partial charge is 0.257 e. The van der Waals surface area contributed by atoms with Crippen LogP contribution in [0.25, 0.3) is 0 Å². The van der Waals surface area contributed by atoms with Crippen molar-refractivity contribution in [1.82, 2.24) is 4.98 Å². The van der Waals surface area contributed by atoms with E-state index in [1.165, 1.54) is 16.9 Å². The van der Waals surface area contributed by atoms with Crippen molar-refractivity contribution in [2.45, 2.75) is 44.9 Å². The van der Waals surface area contributed by atoms with Gasteiger partial charge >= 0.3 is 0 Å². The van der Waals surface area contributed by atoms with Crippen molar-refractivity contribution >= 4 is 34.0 Å². The zero-order valence-corrected chi connectivity index (χ0v) is 18.4. The van der Waals surface area contributed by atoms with Crippen LogP contribution in [-0.2, 0) is 17.6 Å². The highest BCUT2D eigenvalue weighted by Crippen LogP contribution is 2.39. The first-order valence-electron chi connectivity index (χ1n) is 10.9. The maximum Gasteiger partial charge on any atom is 0.257 e. The maximum atomic E-state index is 13.6. The fourth-order valence-corrected chi connectivity index (χ4v) is 5.60. The number of carbonyl (C=O) groups excluding carboxylic acids is 2. The molecular formula is C25H25N3O2S. The van der Waals surface area contributed by atoms with Crippen LogP contribution in [0.3, 0.4) is 0 Å². The fourth-order valence-electron chi connectivity index (χ4n) is 4.54. The molecule has 0 saturated heterocycles. The summed E-state index contributed by atoms with van der Waals surface area (Å²) in [7, 11) is 0. The van der Waals surface area contributed by atoms with Gasteiger partial charge in [0.15, 0.2) is 5.13 Å². The van der Waals surface area contributed by atoms with Gasteiger partial charge in [-0.25, -0.2) is 4.98 Å². The van der Waals surface area contributed by atoms with Gasteiger partial charge in [0.05, 0.1) is 11.6 Å². The number of nitrogens with zero attached hydrogens (tertiary/aromatic N) is 2. The highest BCUT2D eigenvalue weighted by Gasteiger charge is 2.35. The third-order valence-electron chi connectivity index (χ3n) is 6.16. The Morgan fingerprint density at radius 3 is 2.71 bits per heavy atom. The summed E-state index contributed by atoms with van der Waals surface area (Å²) in [5, 5.41) is 3.51. The molecule has 1 aliphatic carbocycles. The van der Waals surface area contributed by atoms with Gasteiger partial charge in [-0.3, -0.25) is 14.9 Å². The van der Waals surface area contributed by atoms with E-state index < -0.39 is 0 Å². The van der Waals surface area contributed by atoms with Crippen LogP contribution in [0, 0.1) is 6.92 Å². The van der Waals surface area contributed by atoms with Gasteiger partial charge in [0.25, 0.3) is 5.91 Å². The number of hydrogen-bond donors (Lipinski definition) is 1. The van der Waals surface area contributed by atoms with Crippen LogP contribution in [0.5, 0.6) is 0 Å². The van der Waals surface area contributed by atoms with Crippen molar-refractivity contribution in [2.75, 3.05) is 16.8 Å². The molecule has 2 aliphatic rings. The lowest BCUT2D eigenvalue weighted by atomic mass is 9.89. The number of fused-ring (bicyclic) bond motifs is 2. The first-order chi connectivity index (χ1) is 15.1. The van der Waals surface area contributed by atoms with Crippen LogP contribution in [-0.4, -0.2) is 23.3 Å². The quantitative estimate of drug-likeness (QED) is 0.627. The Hall–Kier alpha value is -2.99. The molecule has 0 fully saturated rings. The molecule has 0 bridgehead atoms. The van der Waals surface area contributed by atoms with E-state index in [4.69, 9.17) is 4.98 Å². The van der Waals surface area contributed by atoms with Crippen molar-refractivity contribution in [3.63, 3.8) is 0 Å². The van der Waals surface area contributed by atoms with Crippen LogP contribution in [0.15, 0.2) is 48.5 Å². The van der Waals surface area contributed by atoms with Crippen molar-refractivity contribution in [2.24, 2.45) is 0 Å². The minimum absolute atomic E-state index is 0.134. The summed E-state index contributed by atoms with van der Waals surface area (Å²) in [6.07, 6.45) is 4.68. The van der Waals surface area contributed by atoms with Gasteiger partial charge in [0.2, 0.25) is 5.91 Å². The zero-order valence-electron chi connectivity index (χ0n) is 17.6. The Labute approximate surface area is 186 Å². The van der Waals surface area contributed by atoms with Gasteiger partial charge in [-0.1, -0.05) is 35.9 Å². The van der Waals surface area contributed by atoms with Gasteiger partial charge in [-0.05, 0) is 62.8 Å². The average molecular weight is 432 g/mol. The van der Waals surface area contributed by atoms with Crippen LogP contribution < -0.4 is 10.2 Å². The summed E-state index contributed by atoms with van der Waals surface area (Å²) < 4.78 is 0. The fraction of sp³-hybridized carbons (Fsp3) is 0.320. The Bertz CT molecular complexity index is 1140. The third-order valence-corrected chi connectivity index (χ3v) is 7.21. The van der Waals surface area contributed by atoms with Gasteiger partial charge in [0.1, 0.15) is 0 Å². The van der Waals surface area contributed by atoms with E-state index in [1.54, 1.807) is 0 Å². The molecule has 0 spiro atoms. The predicted molar refractivity (Wildman–Crippen MR) is 124 cm³/mol. The number of hydrogen-bond acceptors (Lipinski definition) is 4. The number of aromatic nitrogens is 1. The number of anilines is 2. The van der Waals surface area contributed by atoms with E-state index in [0.29, 0.717) is 10.7 Å². The molecule has 5 rings (SSSR count). The number of thiazole rings is 1. The van der Waals surface area contributed by atoms with Crippen molar-refractivity contribution in [3.05, 3.63) is 75.8 Å². The molecule has 2 amide bonds. The van der Waals surface area contributed by atoms with E-state index >= 15 is 0 Å². The van der Waals surface area contributed by atoms with Crippen molar-refractivity contribution in [1.29, 1.82) is 0 Å². The lowest BCUT2D eigenvalue weighted by Gasteiger charge is -2.33. The van der Waals surface area contributed by atoms with E-state index in [9.17, 15) is 9.59 Å². The molecule has 1 unspecified atom stereocenters. The molecule has 0 radical (unpaired) electrons. The third kappa shape index (κ3) is 3.88. The minimum Gasteiger partial charge on any atom is -0.312 e. The number of benzene rings is 2. The molecular weight excluding hydrogens is 406 g/mol. The van der Waals surface area contributed by atoms with Crippen LogP contribution >= 0.6 is 11.3 Å². The average Bonchev–Trinajstić information content (AvgIpc) is 3.21. The molecule has 5 nitrogen and oxygen atoms in total. The lowest BCUT2D eigenvalue weighted by molar-refractivity contribution is -0.120. The van der Waals surface area contributed by atoms with E-state index in [-0.39, 0.29) is 17.7 Å². The second-order valence-electron chi connectivity index (χ2n) is 8.31. The summed E-state index contributed by atoms with van der Waals surface area (Å²) in [5.74, 6) is -0.273.